The van der Waals surface area contributed by atoms with E-state index in [2.05, 4.69) is 5.32 Å². The van der Waals surface area contributed by atoms with Gasteiger partial charge < -0.3 is 10.1 Å². The van der Waals surface area contributed by atoms with E-state index in [1.54, 1.807) is 16.8 Å². The van der Waals surface area contributed by atoms with Gasteiger partial charge in [0.05, 0.1) is 35.4 Å². The van der Waals surface area contributed by atoms with E-state index < -0.39 is 4.92 Å². The Kier molecular flexibility index (Phi) is 7.32. The van der Waals surface area contributed by atoms with Crippen molar-refractivity contribution in [2.24, 2.45) is 0 Å². The summed E-state index contributed by atoms with van der Waals surface area (Å²) in [5.41, 5.74) is 4.50. The van der Waals surface area contributed by atoms with E-state index in [0.717, 1.165) is 11.3 Å². The molecule has 0 aliphatic rings. The molecule has 0 saturated heterocycles. The normalized spacial score (nSPS) is 10.9. The lowest BCUT2D eigenvalue weighted by molar-refractivity contribution is -0.384. The van der Waals surface area contributed by atoms with Gasteiger partial charge in [0.2, 0.25) is 5.91 Å². The van der Waals surface area contributed by atoms with Crippen LogP contribution in [0.2, 0.25) is 0 Å². The van der Waals surface area contributed by atoms with E-state index in [9.17, 15) is 14.9 Å². The number of non-ortho nitro benzene ring substituents is 1. The number of carbonyl (C=O) groups excluding carboxylic acids is 1. The number of hydrogen-bond donors (Lipinski definition) is 1. The first-order chi connectivity index (χ1) is 16.9. The highest BCUT2D eigenvalue weighted by Crippen LogP contribution is 2.26. The van der Waals surface area contributed by atoms with Crippen LogP contribution in [-0.2, 0) is 22.6 Å². The van der Waals surface area contributed by atoms with Crippen molar-refractivity contribution >= 4 is 17.3 Å². The minimum Gasteiger partial charge on any atom is -0.374 e. The number of nitrogens with zero attached hydrogens (tertiary/aromatic N) is 3. The van der Waals surface area contributed by atoms with Crippen molar-refractivity contribution in [2.75, 3.05) is 5.32 Å². The third kappa shape index (κ3) is 6.18. The Morgan fingerprint density at radius 3 is 2.49 bits per heavy atom. The Labute approximate surface area is 203 Å². The van der Waals surface area contributed by atoms with Gasteiger partial charge in [-0.2, -0.15) is 5.10 Å². The molecule has 0 spiro atoms. The minimum absolute atomic E-state index is 0.00290. The zero-order valence-corrected chi connectivity index (χ0v) is 19.5. The zero-order valence-electron chi connectivity index (χ0n) is 19.5. The molecule has 1 N–H and O–H groups in total. The molecule has 1 aromatic heterocycles. The van der Waals surface area contributed by atoms with Gasteiger partial charge in [0, 0.05) is 35.1 Å². The molecule has 0 unspecified atom stereocenters. The van der Waals surface area contributed by atoms with E-state index in [1.165, 1.54) is 12.1 Å². The van der Waals surface area contributed by atoms with Gasteiger partial charge in [-0.1, -0.05) is 30.3 Å². The number of carbonyl (C=O) groups is 1. The van der Waals surface area contributed by atoms with Gasteiger partial charge in [-0.15, -0.1) is 0 Å². The van der Waals surface area contributed by atoms with Gasteiger partial charge in [-0.05, 0) is 55.8 Å². The Bertz CT molecular complexity index is 1310. The molecule has 1 heterocycles. The number of anilines is 1. The molecule has 0 radical (unpaired) electrons. The second-order valence-electron chi connectivity index (χ2n) is 8.37. The number of hydrogen-bond acceptors (Lipinski definition) is 5. The molecule has 35 heavy (non-hydrogen) atoms. The van der Waals surface area contributed by atoms with Gasteiger partial charge in [0.25, 0.3) is 5.69 Å². The van der Waals surface area contributed by atoms with Crippen molar-refractivity contribution in [3.63, 3.8) is 0 Å². The predicted molar refractivity (Wildman–Crippen MR) is 134 cm³/mol. The summed E-state index contributed by atoms with van der Waals surface area (Å²) in [7, 11) is 0. The lowest BCUT2D eigenvalue weighted by atomic mass is 10.1. The number of rotatable bonds is 9. The Morgan fingerprint density at radius 1 is 1.06 bits per heavy atom. The molecule has 1 amide bonds. The second-order valence-corrected chi connectivity index (χ2v) is 8.37. The third-order valence-corrected chi connectivity index (χ3v) is 5.31. The molecular formula is C27H26N4O4. The zero-order chi connectivity index (χ0) is 24.8. The Balaban J connectivity index is 1.58. The lowest BCUT2D eigenvalue weighted by Crippen LogP contribution is -2.14. The maximum atomic E-state index is 13.0. The Morgan fingerprint density at radius 2 is 1.80 bits per heavy atom. The van der Waals surface area contributed by atoms with Crippen LogP contribution in [-0.4, -0.2) is 26.7 Å². The standard InChI is InChI=1S/C27H26N4O4/c1-19(2)35-18-20-7-6-8-23(15-20)28-26(32)16-22-17-30(24-9-4-3-5-10-24)29-27(22)21-11-13-25(14-12-21)31(33)34/h3-15,17,19H,16,18H2,1-2H3,(H,28,32). The summed E-state index contributed by atoms with van der Waals surface area (Å²) in [5, 5.41) is 18.7. The summed E-state index contributed by atoms with van der Waals surface area (Å²) in [4.78, 5) is 23.6. The van der Waals surface area contributed by atoms with Gasteiger partial charge in [0.15, 0.2) is 0 Å². The van der Waals surface area contributed by atoms with Crippen LogP contribution in [0.5, 0.6) is 0 Å². The van der Waals surface area contributed by atoms with Crippen LogP contribution in [0.15, 0.2) is 85.1 Å². The number of para-hydroxylation sites is 1. The number of nitro benzene ring substituents is 1. The number of ether oxygens (including phenoxy) is 1. The van der Waals surface area contributed by atoms with Crippen molar-refractivity contribution in [3.05, 3.63) is 106 Å². The van der Waals surface area contributed by atoms with Gasteiger partial charge in [0.1, 0.15) is 0 Å². The fourth-order valence-electron chi connectivity index (χ4n) is 3.62. The van der Waals surface area contributed by atoms with Crippen LogP contribution in [0, 0.1) is 10.1 Å². The van der Waals surface area contributed by atoms with Gasteiger partial charge >= 0.3 is 0 Å². The van der Waals surface area contributed by atoms with Crippen molar-refractivity contribution in [1.82, 2.24) is 9.78 Å². The average molecular weight is 471 g/mol. The minimum atomic E-state index is -0.443. The number of nitrogens with one attached hydrogen (secondary N) is 1. The number of amides is 1. The molecule has 178 valence electrons. The molecule has 0 fully saturated rings. The summed E-state index contributed by atoms with van der Waals surface area (Å²) in [6, 6.07) is 23.3. The maximum absolute atomic E-state index is 13.0. The van der Waals surface area contributed by atoms with Crippen LogP contribution < -0.4 is 5.32 Å². The topological polar surface area (TPSA) is 99.3 Å². The summed E-state index contributed by atoms with van der Waals surface area (Å²) in [6.07, 6.45) is 2.02. The molecule has 0 aliphatic carbocycles. The van der Waals surface area contributed by atoms with Crippen LogP contribution >= 0.6 is 0 Å². The lowest BCUT2D eigenvalue weighted by Gasteiger charge is -2.10. The van der Waals surface area contributed by atoms with Crippen LogP contribution in [0.25, 0.3) is 16.9 Å². The second kappa shape index (κ2) is 10.8. The smallest absolute Gasteiger partial charge is 0.269 e. The number of aromatic nitrogens is 2. The quantitative estimate of drug-likeness (QED) is 0.255. The van der Waals surface area contributed by atoms with E-state index >= 15 is 0 Å². The molecule has 3 aromatic carbocycles. The molecular weight excluding hydrogens is 444 g/mol. The van der Waals surface area contributed by atoms with Crippen LogP contribution in [0.1, 0.15) is 25.0 Å². The van der Waals surface area contributed by atoms with Crippen molar-refractivity contribution in [3.8, 4) is 16.9 Å². The SMILES string of the molecule is CC(C)OCc1cccc(NC(=O)Cc2cn(-c3ccccc3)nc2-c2ccc([N+](=O)[O-])cc2)c1. The highest BCUT2D eigenvalue weighted by molar-refractivity contribution is 5.93. The van der Waals surface area contributed by atoms with Crippen molar-refractivity contribution < 1.29 is 14.5 Å². The fourth-order valence-corrected chi connectivity index (χ4v) is 3.62. The monoisotopic (exact) mass is 470 g/mol. The van der Waals surface area contributed by atoms with Crippen molar-refractivity contribution in [1.29, 1.82) is 0 Å². The number of nitro groups is 1. The largest absolute Gasteiger partial charge is 0.374 e. The maximum Gasteiger partial charge on any atom is 0.269 e. The molecule has 8 heteroatoms. The Hall–Kier alpha value is -4.30. The first-order valence-electron chi connectivity index (χ1n) is 11.3. The first kappa shape index (κ1) is 23.8. The van der Waals surface area contributed by atoms with E-state index in [-0.39, 0.29) is 24.1 Å². The summed E-state index contributed by atoms with van der Waals surface area (Å²) < 4.78 is 7.36. The van der Waals surface area contributed by atoms with E-state index in [4.69, 9.17) is 9.84 Å². The summed E-state index contributed by atoms with van der Waals surface area (Å²) in [6.45, 7) is 4.42. The highest BCUT2D eigenvalue weighted by Gasteiger charge is 2.17. The average Bonchev–Trinajstić information content (AvgIpc) is 3.27. The van der Waals surface area contributed by atoms with Gasteiger partial charge in [-0.3, -0.25) is 14.9 Å². The van der Waals surface area contributed by atoms with E-state index in [0.29, 0.717) is 29.1 Å². The molecule has 4 rings (SSSR count). The third-order valence-electron chi connectivity index (χ3n) is 5.31. The van der Waals surface area contributed by atoms with Crippen LogP contribution in [0.4, 0.5) is 11.4 Å². The predicted octanol–water partition coefficient (Wildman–Crippen LogP) is 5.55. The number of benzene rings is 3. The molecule has 4 aromatic rings. The molecule has 0 aliphatic heterocycles. The molecule has 0 saturated carbocycles. The van der Waals surface area contributed by atoms with Gasteiger partial charge in [-0.25, -0.2) is 4.68 Å². The molecule has 0 atom stereocenters. The van der Waals surface area contributed by atoms with E-state index in [1.807, 2.05) is 74.6 Å². The fraction of sp³-hybridized carbons (Fsp3) is 0.185. The molecule has 0 bridgehead atoms. The highest BCUT2D eigenvalue weighted by atomic mass is 16.6. The summed E-state index contributed by atoms with van der Waals surface area (Å²) in [5.74, 6) is -0.192. The van der Waals surface area contributed by atoms with Crippen LogP contribution in [0.3, 0.4) is 0 Å². The van der Waals surface area contributed by atoms with Crippen molar-refractivity contribution in [2.45, 2.75) is 33.0 Å². The first-order valence-corrected chi connectivity index (χ1v) is 11.3. The molecule has 8 nitrogen and oxygen atoms in total. The summed E-state index contributed by atoms with van der Waals surface area (Å²) >= 11 is 0.